The average Bonchev–Trinajstić information content (AvgIpc) is 2.83. The predicted molar refractivity (Wildman–Crippen MR) is 114 cm³/mol. The minimum Gasteiger partial charge on any atom is -0.348 e. The first kappa shape index (κ1) is 21.7. The van der Waals surface area contributed by atoms with Crippen molar-refractivity contribution in [3.8, 4) is 11.1 Å². The number of carbonyl (C=O) groups excluding carboxylic acids is 3. The van der Waals surface area contributed by atoms with Crippen molar-refractivity contribution in [3.05, 3.63) is 90.3 Å². The number of likely N-dealkylation sites (N-methyl/N-ethyl adjacent to an activating group) is 1. The van der Waals surface area contributed by atoms with Crippen molar-refractivity contribution >= 4 is 17.7 Å². The fourth-order valence-electron chi connectivity index (χ4n) is 3.07. The molecule has 8 nitrogen and oxygen atoms in total. The Balaban J connectivity index is 1.74. The Bertz CT molecular complexity index is 1040. The van der Waals surface area contributed by atoms with Crippen molar-refractivity contribution in [1.82, 2.24) is 20.7 Å². The summed E-state index contributed by atoms with van der Waals surface area (Å²) in [6.45, 7) is 0.0721. The van der Waals surface area contributed by atoms with E-state index >= 15 is 0 Å². The minimum atomic E-state index is -1.56. The first-order valence-electron chi connectivity index (χ1n) is 9.55. The zero-order valence-corrected chi connectivity index (χ0v) is 16.9. The van der Waals surface area contributed by atoms with Crippen LogP contribution in [0.1, 0.15) is 16.1 Å². The minimum absolute atomic E-state index is 0.0721. The van der Waals surface area contributed by atoms with Crippen LogP contribution < -0.4 is 10.8 Å². The van der Waals surface area contributed by atoms with Gasteiger partial charge in [0.1, 0.15) is 0 Å². The zero-order chi connectivity index (χ0) is 22.2. The van der Waals surface area contributed by atoms with Crippen molar-refractivity contribution in [2.45, 2.75) is 12.6 Å². The van der Waals surface area contributed by atoms with Gasteiger partial charge in [0.15, 0.2) is 6.04 Å². The molecule has 3 rings (SSSR count). The Hall–Kier alpha value is -4.04. The molecule has 0 saturated carbocycles. The van der Waals surface area contributed by atoms with Gasteiger partial charge < -0.3 is 10.2 Å². The van der Waals surface area contributed by atoms with E-state index in [1.54, 1.807) is 48.7 Å². The van der Waals surface area contributed by atoms with E-state index in [1.165, 1.54) is 12.5 Å². The van der Waals surface area contributed by atoms with Gasteiger partial charge in [-0.15, -0.1) is 0 Å². The van der Waals surface area contributed by atoms with Crippen LogP contribution in [0.5, 0.6) is 0 Å². The molecule has 3 N–H and O–H groups in total. The van der Waals surface area contributed by atoms with Gasteiger partial charge in [0.25, 0.3) is 17.7 Å². The van der Waals surface area contributed by atoms with Gasteiger partial charge in [0.2, 0.25) is 0 Å². The molecule has 0 aliphatic carbocycles. The molecule has 0 fully saturated rings. The molecule has 0 saturated heterocycles. The van der Waals surface area contributed by atoms with Gasteiger partial charge in [0, 0.05) is 18.8 Å². The van der Waals surface area contributed by atoms with Crippen LogP contribution in [-0.4, -0.2) is 45.9 Å². The van der Waals surface area contributed by atoms with Gasteiger partial charge in [-0.2, -0.15) is 0 Å². The number of rotatable bonds is 7. The molecule has 1 heterocycles. The molecular weight excluding hydrogens is 396 g/mol. The average molecular weight is 418 g/mol. The number of nitrogens with one attached hydrogen (secondary N) is 2. The molecule has 1 aromatic heterocycles. The lowest BCUT2D eigenvalue weighted by Crippen LogP contribution is -2.55. The van der Waals surface area contributed by atoms with E-state index in [0.717, 1.165) is 16.0 Å². The maximum absolute atomic E-state index is 12.9. The monoisotopic (exact) mass is 418 g/mol. The molecule has 1 atom stereocenters. The molecule has 8 heteroatoms. The van der Waals surface area contributed by atoms with Crippen LogP contribution in [-0.2, 0) is 16.1 Å². The summed E-state index contributed by atoms with van der Waals surface area (Å²) in [7, 11) is 1.33. The van der Waals surface area contributed by atoms with Gasteiger partial charge in [0.05, 0.1) is 12.2 Å². The van der Waals surface area contributed by atoms with Crippen LogP contribution in [0.4, 0.5) is 0 Å². The largest absolute Gasteiger partial charge is 0.348 e. The molecule has 0 spiro atoms. The Labute approximate surface area is 179 Å². The Morgan fingerprint density at radius 1 is 0.903 bits per heavy atom. The van der Waals surface area contributed by atoms with E-state index < -0.39 is 23.8 Å². The second-order valence-corrected chi connectivity index (χ2v) is 6.78. The highest BCUT2D eigenvalue weighted by atomic mass is 16.5. The number of benzene rings is 2. The van der Waals surface area contributed by atoms with E-state index in [1.807, 2.05) is 30.3 Å². The molecule has 3 aromatic rings. The van der Waals surface area contributed by atoms with Gasteiger partial charge in [-0.05, 0) is 35.4 Å². The quantitative estimate of drug-likeness (QED) is 0.309. The van der Waals surface area contributed by atoms with E-state index in [2.05, 4.69) is 10.3 Å². The number of hydroxylamine groups is 1. The maximum Gasteiger partial charge on any atom is 0.275 e. The fraction of sp³-hybridized carbons (Fsp3) is 0.130. The summed E-state index contributed by atoms with van der Waals surface area (Å²) in [5.74, 6) is -2.30. The number of amides is 3. The lowest BCUT2D eigenvalue weighted by atomic mass is 10.0. The summed E-state index contributed by atoms with van der Waals surface area (Å²) in [6, 6.07) is 20.2. The first-order valence-corrected chi connectivity index (χ1v) is 9.55. The smallest absolute Gasteiger partial charge is 0.275 e. The number of hydrogen-bond acceptors (Lipinski definition) is 5. The highest BCUT2D eigenvalue weighted by Gasteiger charge is 2.34. The third kappa shape index (κ3) is 5.31. The van der Waals surface area contributed by atoms with E-state index in [4.69, 9.17) is 5.21 Å². The van der Waals surface area contributed by atoms with Crippen LogP contribution in [0.15, 0.2) is 79.0 Å². The first-order chi connectivity index (χ1) is 15.0. The van der Waals surface area contributed by atoms with Crippen LogP contribution >= 0.6 is 0 Å². The number of aromatic nitrogens is 1. The Kier molecular flexibility index (Phi) is 7.08. The van der Waals surface area contributed by atoms with Gasteiger partial charge >= 0.3 is 0 Å². The number of carbonyl (C=O) groups is 3. The van der Waals surface area contributed by atoms with E-state index in [9.17, 15) is 14.4 Å². The Morgan fingerprint density at radius 3 is 2.16 bits per heavy atom. The number of nitrogens with zero attached hydrogens (tertiary/aromatic N) is 2. The highest BCUT2D eigenvalue weighted by molar-refractivity contribution is 6.08. The Morgan fingerprint density at radius 2 is 1.55 bits per heavy atom. The van der Waals surface area contributed by atoms with Crippen LogP contribution in [0.25, 0.3) is 11.1 Å². The summed E-state index contributed by atoms with van der Waals surface area (Å²) < 4.78 is 0. The molecule has 0 aliphatic heterocycles. The van der Waals surface area contributed by atoms with E-state index in [-0.39, 0.29) is 6.54 Å². The van der Waals surface area contributed by atoms with Crippen molar-refractivity contribution in [2.24, 2.45) is 0 Å². The molecular formula is C23H22N4O4. The molecule has 31 heavy (non-hydrogen) atoms. The van der Waals surface area contributed by atoms with Crippen molar-refractivity contribution in [2.75, 3.05) is 7.05 Å². The summed E-state index contributed by atoms with van der Waals surface area (Å²) in [5.41, 5.74) is 4.27. The molecule has 158 valence electrons. The van der Waals surface area contributed by atoms with Crippen LogP contribution in [0, 0.1) is 0 Å². The molecule has 0 radical (unpaired) electrons. The third-order valence-electron chi connectivity index (χ3n) is 4.72. The maximum atomic E-state index is 12.9. The van der Waals surface area contributed by atoms with Crippen LogP contribution in [0.2, 0.25) is 0 Å². The summed E-state index contributed by atoms with van der Waals surface area (Å²) >= 11 is 0. The molecule has 0 aliphatic rings. The second kappa shape index (κ2) is 10.1. The summed E-state index contributed by atoms with van der Waals surface area (Å²) in [4.78, 5) is 42.8. The zero-order valence-electron chi connectivity index (χ0n) is 16.9. The van der Waals surface area contributed by atoms with Gasteiger partial charge in [-0.1, -0.05) is 48.5 Å². The molecule has 2 aromatic carbocycles. The van der Waals surface area contributed by atoms with Crippen LogP contribution in [0.3, 0.4) is 0 Å². The van der Waals surface area contributed by atoms with E-state index in [0.29, 0.717) is 11.3 Å². The second-order valence-electron chi connectivity index (χ2n) is 6.78. The lowest BCUT2D eigenvalue weighted by molar-refractivity contribution is -0.141. The normalized spacial score (nSPS) is 11.3. The van der Waals surface area contributed by atoms with Crippen molar-refractivity contribution in [3.63, 3.8) is 0 Å². The predicted octanol–water partition coefficient (Wildman–Crippen LogP) is 2.01. The fourth-order valence-corrected chi connectivity index (χ4v) is 3.07. The van der Waals surface area contributed by atoms with Gasteiger partial charge in [-0.3, -0.25) is 24.6 Å². The third-order valence-corrected chi connectivity index (χ3v) is 4.72. The number of hydrogen-bond donors (Lipinski definition) is 3. The topological polar surface area (TPSA) is 112 Å². The molecule has 0 bridgehead atoms. The summed E-state index contributed by atoms with van der Waals surface area (Å²) in [6.07, 6.45) is 1.58. The SMILES string of the molecule is CN(C(=O)c1ccc(-c2ccccc2)cc1)C(C(=O)NO)C(=O)NCc1ccccn1. The van der Waals surface area contributed by atoms with Crippen molar-refractivity contribution in [1.29, 1.82) is 0 Å². The van der Waals surface area contributed by atoms with Crippen molar-refractivity contribution < 1.29 is 19.6 Å². The molecule has 1 unspecified atom stereocenters. The highest BCUT2D eigenvalue weighted by Crippen LogP contribution is 2.20. The molecule has 3 amide bonds. The lowest BCUT2D eigenvalue weighted by Gasteiger charge is -2.25. The van der Waals surface area contributed by atoms with Gasteiger partial charge in [-0.25, -0.2) is 5.48 Å². The summed E-state index contributed by atoms with van der Waals surface area (Å²) in [5, 5.41) is 11.6. The number of pyridine rings is 1. The standard InChI is InChI=1S/C23H22N4O4/c1-27(20(22(29)26-31)21(28)25-15-19-9-5-6-14-24-19)23(30)18-12-10-17(11-13-18)16-7-3-2-4-8-16/h2-14,20,31H,15H2,1H3,(H,25,28)(H,26,29).